The minimum Gasteiger partial charge on any atom is -0.391 e. The molecule has 1 aromatic heterocycles. The van der Waals surface area contributed by atoms with Gasteiger partial charge < -0.3 is 20.0 Å². The molecule has 0 aromatic carbocycles. The quantitative estimate of drug-likeness (QED) is 0.871. The first-order valence-electron chi connectivity index (χ1n) is 9.60. The van der Waals surface area contributed by atoms with Crippen LogP contribution in [0.3, 0.4) is 0 Å². The van der Waals surface area contributed by atoms with E-state index in [9.17, 15) is 10.2 Å². The smallest absolute Gasteiger partial charge is 0.227 e. The molecule has 140 valence electrons. The standard InChI is InChI=1S/C19H32N4O2/c1-12(2)15-9-18(22-7-5-13(3)16(24)10-22)21-19(20-15)23-8-6-14(4)17(25)11-23/h9,12-14,16-17,24-25H,5-8,10-11H2,1-4H3. The summed E-state index contributed by atoms with van der Waals surface area (Å²) in [4.78, 5) is 13.8. The minimum absolute atomic E-state index is 0.308. The Kier molecular flexibility index (Phi) is 5.49. The van der Waals surface area contributed by atoms with Crippen molar-refractivity contribution < 1.29 is 10.2 Å². The van der Waals surface area contributed by atoms with Gasteiger partial charge in [-0.25, -0.2) is 4.98 Å². The largest absolute Gasteiger partial charge is 0.391 e. The van der Waals surface area contributed by atoms with E-state index in [-0.39, 0.29) is 12.2 Å². The zero-order chi connectivity index (χ0) is 18.1. The maximum Gasteiger partial charge on any atom is 0.227 e. The van der Waals surface area contributed by atoms with Crippen molar-refractivity contribution in [2.75, 3.05) is 36.0 Å². The molecule has 0 radical (unpaired) electrons. The second-order valence-corrected chi connectivity index (χ2v) is 8.16. The highest BCUT2D eigenvalue weighted by Crippen LogP contribution is 2.28. The lowest BCUT2D eigenvalue weighted by Crippen LogP contribution is -2.45. The van der Waals surface area contributed by atoms with Crippen LogP contribution in [0.1, 0.15) is 52.1 Å². The van der Waals surface area contributed by atoms with Crippen molar-refractivity contribution in [1.82, 2.24) is 9.97 Å². The van der Waals surface area contributed by atoms with Gasteiger partial charge in [0.15, 0.2) is 0 Å². The summed E-state index contributed by atoms with van der Waals surface area (Å²) >= 11 is 0. The minimum atomic E-state index is -0.332. The van der Waals surface area contributed by atoms with E-state index in [1.807, 2.05) is 0 Å². The van der Waals surface area contributed by atoms with E-state index >= 15 is 0 Å². The summed E-state index contributed by atoms with van der Waals surface area (Å²) in [5.41, 5.74) is 1.02. The van der Waals surface area contributed by atoms with Crippen LogP contribution in [0.5, 0.6) is 0 Å². The number of hydrogen-bond donors (Lipinski definition) is 2. The fraction of sp³-hybridized carbons (Fsp3) is 0.789. The summed E-state index contributed by atoms with van der Waals surface area (Å²) < 4.78 is 0. The highest BCUT2D eigenvalue weighted by molar-refractivity contribution is 5.47. The van der Waals surface area contributed by atoms with Crippen LogP contribution in [0.2, 0.25) is 0 Å². The van der Waals surface area contributed by atoms with Crippen LogP contribution in [0.15, 0.2) is 6.07 Å². The third-order valence-electron chi connectivity index (χ3n) is 5.76. The van der Waals surface area contributed by atoms with E-state index in [1.54, 1.807) is 0 Å². The molecule has 6 nitrogen and oxygen atoms in total. The fourth-order valence-corrected chi connectivity index (χ4v) is 3.53. The average molecular weight is 348 g/mol. The van der Waals surface area contributed by atoms with Crippen molar-refractivity contribution in [3.05, 3.63) is 11.8 Å². The lowest BCUT2D eigenvalue weighted by Gasteiger charge is -2.37. The van der Waals surface area contributed by atoms with E-state index < -0.39 is 0 Å². The molecule has 0 bridgehead atoms. The number of hydrogen-bond acceptors (Lipinski definition) is 6. The summed E-state index contributed by atoms with van der Waals surface area (Å²) in [7, 11) is 0. The third-order valence-corrected chi connectivity index (χ3v) is 5.76. The van der Waals surface area contributed by atoms with Crippen LogP contribution in [0.25, 0.3) is 0 Å². The molecule has 2 aliphatic heterocycles. The predicted octanol–water partition coefficient (Wildman–Crippen LogP) is 2.01. The van der Waals surface area contributed by atoms with Crippen LogP contribution in [-0.2, 0) is 0 Å². The van der Waals surface area contributed by atoms with E-state index in [2.05, 4.69) is 43.6 Å². The van der Waals surface area contributed by atoms with Gasteiger partial charge in [-0.1, -0.05) is 27.7 Å². The Morgan fingerprint density at radius 3 is 2.08 bits per heavy atom. The van der Waals surface area contributed by atoms with E-state index in [0.29, 0.717) is 36.8 Å². The molecule has 1 aromatic rings. The molecule has 4 atom stereocenters. The van der Waals surface area contributed by atoms with Crippen LogP contribution in [0.4, 0.5) is 11.8 Å². The molecule has 25 heavy (non-hydrogen) atoms. The number of piperidine rings is 2. The number of aromatic nitrogens is 2. The molecule has 3 rings (SSSR count). The monoisotopic (exact) mass is 348 g/mol. The molecule has 2 aliphatic rings. The summed E-state index contributed by atoms with van der Waals surface area (Å²) in [6.45, 7) is 11.5. The van der Waals surface area contributed by atoms with Gasteiger partial charge in [0.2, 0.25) is 5.95 Å². The molecule has 2 fully saturated rings. The zero-order valence-electron chi connectivity index (χ0n) is 15.9. The Labute approximate surface area is 150 Å². The van der Waals surface area contributed by atoms with Crippen LogP contribution in [-0.4, -0.2) is 58.6 Å². The SMILES string of the molecule is CC(C)c1cc(N2CCC(C)C(O)C2)nc(N2CCC(C)C(O)C2)n1. The molecule has 2 saturated heterocycles. The molecule has 2 N–H and O–H groups in total. The van der Waals surface area contributed by atoms with Crippen LogP contribution >= 0.6 is 0 Å². The van der Waals surface area contributed by atoms with E-state index in [1.165, 1.54) is 0 Å². The highest BCUT2D eigenvalue weighted by Gasteiger charge is 2.29. The normalized spacial score (nSPS) is 30.8. The number of nitrogens with zero attached hydrogens (tertiary/aromatic N) is 4. The van der Waals surface area contributed by atoms with Gasteiger partial charge in [0.25, 0.3) is 0 Å². The van der Waals surface area contributed by atoms with Crippen molar-refractivity contribution in [3.8, 4) is 0 Å². The van der Waals surface area contributed by atoms with Gasteiger partial charge in [-0.2, -0.15) is 4.98 Å². The number of aliphatic hydroxyl groups is 2. The molecule has 4 unspecified atom stereocenters. The summed E-state index contributed by atoms with van der Waals surface area (Å²) in [6, 6.07) is 2.06. The van der Waals surface area contributed by atoms with Crippen LogP contribution < -0.4 is 9.80 Å². The molecule has 0 spiro atoms. The van der Waals surface area contributed by atoms with Crippen molar-refractivity contribution >= 4 is 11.8 Å². The second-order valence-electron chi connectivity index (χ2n) is 8.16. The van der Waals surface area contributed by atoms with Crippen molar-refractivity contribution in [3.63, 3.8) is 0 Å². The first-order chi connectivity index (χ1) is 11.8. The fourth-order valence-electron chi connectivity index (χ4n) is 3.53. The number of aliphatic hydroxyl groups excluding tert-OH is 2. The van der Waals surface area contributed by atoms with Gasteiger partial charge in [-0.3, -0.25) is 0 Å². The summed E-state index contributed by atoms with van der Waals surface area (Å²) in [5.74, 6) is 2.57. The second kappa shape index (κ2) is 7.46. The van der Waals surface area contributed by atoms with E-state index in [0.717, 1.165) is 37.4 Å². The first-order valence-corrected chi connectivity index (χ1v) is 9.60. The lowest BCUT2D eigenvalue weighted by molar-refractivity contribution is 0.102. The third kappa shape index (κ3) is 4.06. The lowest BCUT2D eigenvalue weighted by atomic mass is 9.96. The van der Waals surface area contributed by atoms with Gasteiger partial charge in [0.05, 0.1) is 17.9 Å². The molecule has 0 saturated carbocycles. The topological polar surface area (TPSA) is 72.7 Å². The Hall–Kier alpha value is -1.40. The maximum atomic E-state index is 10.2. The first kappa shape index (κ1) is 18.4. The Bertz CT molecular complexity index is 551. The summed E-state index contributed by atoms with van der Waals surface area (Å²) in [6.07, 6.45) is 1.27. The van der Waals surface area contributed by atoms with Crippen molar-refractivity contribution in [2.45, 2.75) is 58.7 Å². The average Bonchev–Trinajstić information content (AvgIpc) is 2.59. The van der Waals surface area contributed by atoms with Gasteiger partial charge in [-0.05, 0) is 30.6 Å². The Balaban J connectivity index is 1.87. The molecule has 0 aliphatic carbocycles. The number of β-amino-alcohol motifs (C(OH)–C–C–N with tert-alkyl or cyclic N) is 2. The van der Waals surface area contributed by atoms with Crippen molar-refractivity contribution in [2.24, 2.45) is 11.8 Å². The number of anilines is 2. The van der Waals surface area contributed by atoms with Gasteiger partial charge in [-0.15, -0.1) is 0 Å². The molecular formula is C19H32N4O2. The number of rotatable bonds is 3. The Morgan fingerprint density at radius 2 is 1.52 bits per heavy atom. The summed E-state index contributed by atoms with van der Waals surface area (Å²) in [5, 5.41) is 20.5. The van der Waals surface area contributed by atoms with Crippen LogP contribution in [0, 0.1) is 11.8 Å². The zero-order valence-corrected chi connectivity index (χ0v) is 15.9. The van der Waals surface area contributed by atoms with Gasteiger partial charge in [0, 0.05) is 32.2 Å². The molecule has 0 amide bonds. The van der Waals surface area contributed by atoms with E-state index in [4.69, 9.17) is 9.97 Å². The Morgan fingerprint density at radius 1 is 0.960 bits per heavy atom. The highest BCUT2D eigenvalue weighted by atomic mass is 16.3. The molecule has 3 heterocycles. The van der Waals surface area contributed by atoms with Crippen molar-refractivity contribution in [1.29, 1.82) is 0 Å². The predicted molar refractivity (Wildman–Crippen MR) is 100 cm³/mol. The maximum absolute atomic E-state index is 10.2. The van der Waals surface area contributed by atoms with Gasteiger partial charge >= 0.3 is 0 Å². The molecule has 6 heteroatoms. The van der Waals surface area contributed by atoms with Gasteiger partial charge in [0.1, 0.15) is 5.82 Å². The molecular weight excluding hydrogens is 316 g/mol.